The van der Waals surface area contributed by atoms with Crippen LogP contribution in [0.25, 0.3) is 0 Å². The third-order valence-corrected chi connectivity index (χ3v) is 3.39. The molecule has 1 N–H and O–H groups in total. The molecule has 16 heavy (non-hydrogen) atoms. The van der Waals surface area contributed by atoms with Crippen LogP contribution in [0.5, 0.6) is 0 Å². The molecule has 1 rings (SSSR count). The molecule has 0 aliphatic carbocycles. The molecule has 90 valence electrons. The number of nitrogens with one attached hydrogen (secondary N) is 1. The Bertz CT molecular complexity index is 290. The fourth-order valence-electron chi connectivity index (χ4n) is 1.71. The van der Waals surface area contributed by atoms with Gasteiger partial charge in [-0.1, -0.05) is 58.0 Å². The van der Waals surface area contributed by atoms with Crippen LogP contribution < -0.4 is 5.32 Å². The van der Waals surface area contributed by atoms with Gasteiger partial charge in [0.1, 0.15) is 0 Å². The first-order valence-corrected chi connectivity index (χ1v) is 6.37. The standard InChI is InChI=1S/C15H25N/c1-5-14(13-10-8-7-9-11-13)16-12-15(3,4)6-2/h7-11,14,16H,5-6,12H2,1-4H3. The molecule has 0 bridgehead atoms. The van der Waals surface area contributed by atoms with Gasteiger partial charge in [-0.2, -0.15) is 0 Å². The molecule has 0 aromatic heterocycles. The van der Waals surface area contributed by atoms with Gasteiger partial charge < -0.3 is 5.32 Å². The Morgan fingerprint density at radius 1 is 1.12 bits per heavy atom. The lowest BCUT2D eigenvalue weighted by Crippen LogP contribution is -2.31. The van der Waals surface area contributed by atoms with Gasteiger partial charge >= 0.3 is 0 Å². The summed E-state index contributed by atoms with van der Waals surface area (Å²) in [5.41, 5.74) is 1.79. The monoisotopic (exact) mass is 219 g/mol. The average molecular weight is 219 g/mol. The maximum Gasteiger partial charge on any atom is 0.0317 e. The van der Waals surface area contributed by atoms with E-state index < -0.39 is 0 Å². The van der Waals surface area contributed by atoms with Gasteiger partial charge in [0.2, 0.25) is 0 Å². The van der Waals surface area contributed by atoms with E-state index in [4.69, 9.17) is 0 Å². The number of hydrogen-bond donors (Lipinski definition) is 1. The van der Waals surface area contributed by atoms with Crippen molar-refractivity contribution in [1.29, 1.82) is 0 Å². The molecule has 0 radical (unpaired) electrons. The molecular weight excluding hydrogens is 194 g/mol. The zero-order valence-electron chi connectivity index (χ0n) is 11.1. The van der Waals surface area contributed by atoms with Crippen LogP contribution in [0.3, 0.4) is 0 Å². The van der Waals surface area contributed by atoms with Crippen LogP contribution in [-0.2, 0) is 0 Å². The van der Waals surface area contributed by atoms with E-state index in [0.717, 1.165) is 13.0 Å². The van der Waals surface area contributed by atoms with Crippen molar-refractivity contribution in [2.24, 2.45) is 5.41 Å². The molecule has 0 aliphatic heterocycles. The molecule has 0 heterocycles. The normalized spacial score (nSPS) is 13.8. The second kappa shape index (κ2) is 6.05. The van der Waals surface area contributed by atoms with E-state index >= 15 is 0 Å². The quantitative estimate of drug-likeness (QED) is 0.757. The van der Waals surface area contributed by atoms with Crippen LogP contribution in [0, 0.1) is 5.41 Å². The van der Waals surface area contributed by atoms with Crippen LogP contribution in [-0.4, -0.2) is 6.54 Å². The highest BCUT2D eigenvalue weighted by Crippen LogP contribution is 2.22. The molecule has 0 aliphatic rings. The Balaban J connectivity index is 2.57. The highest BCUT2D eigenvalue weighted by atomic mass is 14.9. The van der Waals surface area contributed by atoms with Crippen molar-refractivity contribution < 1.29 is 0 Å². The minimum Gasteiger partial charge on any atom is -0.309 e. The summed E-state index contributed by atoms with van der Waals surface area (Å²) < 4.78 is 0. The van der Waals surface area contributed by atoms with Gasteiger partial charge in [-0.05, 0) is 23.8 Å². The summed E-state index contributed by atoms with van der Waals surface area (Å²) in [5, 5.41) is 3.68. The smallest absolute Gasteiger partial charge is 0.0317 e. The molecule has 0 amide bonds. The number of benzene rings is 1. The third-order valence-electron chi connectivity index (χ3n) is 3.39. The average Bonchev–Trinajstić information content (AvgIpc) is 2.31. The van der Waals surface area contributed by atoms with E-state index in [1.165, 1.54) is 12.0 Å². The van der Waals surface area contributed by atoms with Crippen LogP contribution >= 0.6 is 0 Å². The van der Waals surface area contributed by atoms with Crippen LogP contribution in [0.15, 0.2) is 30.3 Å². The van der Waals surface area contributed by atoms with Gasteiger partial charge in [0.05, 0.1) is 0 Å². The Kier molecular flexibility index (Phi) is 5.01. The predicted molar refractivity (Wildman–Crippen MR) is 71.5 cm³/mol. The Morgan fingerprint density at radius 3 is 2.25 bits per heavy atom. The summed E-state index contributed by atoms with van der Waals surface area (Å²) >= 11 is 0. The molecular formula is C15H25N. The topological polar surface area (TPSA) is 12.0 Å². The maximum atomic E-state index is 3.68. The van der Waals surface area contributed by atoms with Gasteiger partial charge in [-0.15, -0.1) is 0 Å². The lowest BCUT2D eigenvalue weighted by Gasteiger charge is -2.27. The summed E-state index contributed by atoms with van der Waals surface area (Å²) in [6.07, 6.45) is 2.36. The molecule has 0 saturated heterocycles. The minimum atomic E-state index is 0.391. The molecule has 0 fully saturated rings. The van der Waals surface area contributed by atoms with Gasteiger partial charge in [0.15, 0.2) is 0 Å². The maximum absolute atomic E-state index is 3.68. The Labute approximate surface area is 100 Å². The first-order valence-electron chi connectivity index (χ1n) is 6.37. The first kappa shape index (κ1) is 13.2. The van der Waals surface area contributed by atoms with Gasteiger partial charge in [0.25, 0.3) is 0 Å². The van der Waals surface area contributed by atoms with Crippen molar-refractivity contribution in [3.63, 3.8) is 0 Å². The molecule has 0 saturated carbocycles. The lowest BCUT2D eigenvalue weighted by atomic mass is 9.89. The molecule has 1 heteroatoms. The predicted octanol–water partition coefficient (Wildman–Crippen LogP) is 4.16. The van der Waals surface area contributed by atoms with Crippen molar-refractivity contribution in [3.8, 4) is 0 Å². The van der Waals surface area contributed by atoms with Crippen LogP contribution in [0.4, 0.5) is 0 Å². The number of hydrogen-bond acceptors (Lipinski definition) is 1. The van der Waals surface area contributed by atoms with Crippen molar-refractivity contribution >= 4 is 0 Å². The highest BCUT2D eigenvalue weighted by molar-refractivity contribution is 5.18. The van der Waals surface area contributed by atoms with Crippen molar-refractivity contribution in [1.82, 2.24) is 5.32 Å². The Hall–Kier alpha value is -0.820. The van der Waals surface area contributed by atoms with E-state index in [1.54, 1.807) is 0 Å². The zero-order chi connectivity index (χ0) is 12.0. The van der Waals surface area contributed by atoms with E-state index in [0.29, 0.717) is 11.5 Å². The highest BCUT2D eigenvalue weighted by Gasteiger charge is 2.17. The van der Waals surface area contributed by atoms with Gasteiger partial charge in [-0.3, -0.25) is 0 Å². The molecule has 0 spiro atoms. The zero-order valence-corrected chi connectivity index (χ0v) is 11.1. The summed E-state index contributed by atoms with van der Waals surface area (Å²) in [7, 11) is 0. The second-order valence-electron chi connectivity index (χ2n) is 5.27. The minimum absolute atomic E-state index is 0.391. The first-order chi connectivity index (χ1) is 7.59. The summed E-state index contributed by atoms with van der Waals surface area (Å²) in [4.78, 5) is 0. The largest absolute Gasteiger partial charge is 0.309 e. The summed E-state index contributed by atoms with van der Waals surface area (Å²) in [5.74, 6) is 0. The Morgan fingerprint density at radius 2 is 1.75 bits per heavy atom. The molecule has 1 atom stereocenters. The van der Waals surface area contributed by atoms with Gasteiger partial charge in [0, 0.05) is 12.6 Å². The molecule has 1 aromatic rings. The number of rotatable bonds is 6. The fraction of sp³-hybridized carbons (Fsp3) is 0.600. The second-order valence-corrected chi connectivity index (χ2v) is 5.27. The van der Waals surface area contributed by atoms with E-state index in [1.807, 2.05) is 0 Å². The van der Waals surface area contributed by atoms with E-state index in [2.05, 4.69) is 63.3 Å². The van der Waals surface area contributed by atoms with E-state index in [9.17, 15) is 0 Å². The van der Waals surface area contributed by atoms with Gasteiger partial charge in [-0.25, -0.2) is 0 Å². The van der Waals surface area contributed by atoms with Crippen molar-refractivity contribution in [2.75, 3.05) is 6.54 Å². The molecule has 1 unspecified atom stereocenters. The summed E-state index contributed by atoms with van der Waals surface area (Å²) in [6.45, 7) is 10.2. The third kappa shape index (κ3) is 3.97. The van der Waals surface area contributed by atoms with Crippen LogP contribution in [0.1, 0.15) is 52.1 Å². The van der Waals surface area contributed by atoms with E-state index in [-0.39, 0.29) is 0 Å². The lowest BCUT2D eigenvalue weighted by molar-refractivity contribution is 0.307. The fourth-order valence-corrected chi connectivity index (χ4v) is 1.71. The molecule has 1 aromatic carbocycles. The van der Waals surface area contributed by atoms with Crippen molar-refractivity contribution in [3.05, 3.63) is 35.9 Å². The van der Waals surface area contributed by atoms with Crippen molar-refractivity contribution in [2.45, 2.75) is 46.6 Å². The summed E-state index contributed by atoms with van der Waals surface area (Å²) in [6, 6.07) is 11.2. The SMILES string of the molecule is CCC(NCC(C)(C)CC)c1ccccc1. The molecule has 1 nitrogen and oxygen atoms in total. The van der Waals surface area contributed by atoms with Crippen LogP contribution in [0.2, 0.25) is 0 Å².